The maximum Gasteiger partial charge on any atom is 0.0619 e. The number of hydrogen-bond donors (Lipinski definition) is 0. The molecule has 2 aliphatic heterocycles. The van der Waals surface area contributed by atoms with Gasteiger partial charge in [0.15, 0.2) is 0 Å². The molecule has 0 radical (unpaired) electrons. The molecular weight excluding hydrogens is 1220 g/mol. The number of anilines is 6. The second-order valence-corrected chi connectivity index (χ2v) is 26.6. The third-order valence-corrected chi connectivity index (χ3v) is 20.8. The van der Waals surface area contributed by atoms with E-state index in [2.05, 4.69) is 404 Å². The predicted octanol–water partition coefficient (Wildman–Crippen LogP) is 27.4. The lowest BCUT2D eigenvalue weighted by Gasteiger charge is -2.47. The maximum atomic E-state index is 2.70. The van der Waals surface area contributed by atoms with Crippen LogP contribution in [0.15, 0.2) is 394 Å². The summed E-state index contributed by atoms with van der Waals surface area (Å²) in [6, 6.07) is 147. The van der Waals surface area contributed by atoms with Crippen LogP contribution in [0.25, 0.3) is 133 Å². The molecule has 0 amide bonds. The predicted molar refractivity (Wildman–Crippen MR) is 426 cm³/mol. The topological polar surface area (TPSA) is 6.48 Å². The zero-order valence-corrected chi connectivity index (χ0v) is 55.5. The van der Waals surface area contributed by atoms with Crippen LogP contribution in [-0.4, -0.2) is 0 Å². The standard InChI is InChI=1S/C99H66N2/c1-10-32-66(33-11-1)75-54-56-90-88(58-75)96-89-59-76(67-34-12-2-13-35-67)55-57-91(89)101(99-86(72-44-22-7-23-45-72)62-78(69-38-16-4-17-39-69)63-87(99)73-46-24-8-25-47-73)93-65-79(95-82-52-30-28-50-80(82)94(74-48-26-9-27-49-74)81-51-29-31-53-83(81)95)64-92(97(93)96)100(90)98-84(70-40-18-5-19-41-70)60-77(68-36-14-3-15-37-68)61-85(98)71-42-20-6-21-43-71/h1-65,96H. The van der Waals surface area contributed by atoms with Crippen LogP contribution in [0.4, 0.5) is 34.1 Å². The van der Waals surface area contributed by atoms with Crippen molar-refractivity contribution in [2.24, 2.45) is 0 Å². The van der Waals surface area contributed by atoms with E-state index in [0.717, 1.165) is 129 Å². The van der Waals surface area contributed by atoms with Gasteiger partial charge < -0.3 is 9.80 Å². The van der Waals surface area contributed by atoms with Crippen molar-refractivity contribution >= 4 is 55.7 Å². The Morgan fingerprint density at radius 3 is 0.713 bits per heavy atom. The fourth-order valence-corrected chi connectivity index (χ4v) is 16.3. The van der Waals surface area contributed by atoms with E-state index < -0.39 is 0 Å². The first-order valence-corrected chi connectivity index (χ1v) is 35.0. The molecule has 17 aromatic rings. The molecule has 472 valence electrons. The smallest absolute Gasteiger partial charge is 0.0619 e. The Bertz CT molecular complexity index is 5500. The normalized spacial score (nSPS) is 12.3. The molecule has 2 aliphatic rings. The van der Waals surface area contributed by atoms with E-state index in [4.69, 9.17) is 0 Å². The van der Waals surface area contributed by atoms with Crippen LogP contribution in [-0.2, 0) is 0 Å². The van der Waals surface area contributed by atoms with Crippen LogP contribution >= 0.6 is 0 Å². The zero-order chi connectivity index (χ0) is 66.7. The van der Waals surface area contributed by atoms with Gasteiger partial charge in [-0.25, -0.2) is 0 Å². The molecule has 0 aromatic heterocycles. The first-order chi connectivity index (χ1) is 50.1. The molecule has 2 heteroatoms. The molecule has 2 nitrogen and oxygen atoms in total. The summed E-state index contributed by atoms with van der Waals surface area (Å²) in [6.45, 7) is 0. The Kier molecular flexibility index (Phi) is 14.7. The minimum absolute atomic E-state index is 0.277. The molecule has 0 aliphatic carbocycles. The first kappa shape index (κ1) is 59.2. The number of nitrogens with zero attached hydrogens (tertiary/aromatic N) is 2. The van der Waals surface area contributed by atoms with Crippen LogP contribution in [0.2, 0.25) is 0 Å². The summed E-state index contributed by atoms with van der Waals surface area (Å²) in [5.74, 6) is -0.277. The number of benzene rings is 17. The lowest BCUT2D eigenvalue weighted by atomic mass is 9.73. The molecule has 0 unspecified atom stereocenters. The van der Waals surface area contributed by atoms with Gasteiger partial charge in [-0.1, -0.05) is 334 Å². The second kappa shape index (κ2) is 25.1. The zero-order valence-electron chi connectivity index (χ0n) is 55.5. The van der Waals surface area contributed by atoms with Gasteiger partial charge >= 0.3 is 0 Å². The lowest BCUT2D eigenvalue weighted by molar-refractivity contribution is 0.910. The summed E-state index contributed by atoms with van der Waals surface area (Å²) in [7, 11) is 0. The molecule has 2 heterocycles. The van der Waals surface area contributed by atoms with Gasteiger partial charge in [-0.3, -0.25) is 0 Å². The van der Waals surface area contributed by atoms with Crippen molar-refractivity contribution in [2.75, 3.05) is 9.80 Å². The van der Waals surface area contributed by atoms with Crippen molar-refractivity contribution in [3.8, 4) is 111 Å². The van der Waals surface area contributed by atoms with Gasteiger partial charge in [-0.2, -0.15) is 0 Å². The van der Waals surface area contributed by atoms with Crippen LogP contribution in [0.5, 0.6) is 0 Å². The van der Waals surface area contributed by atoms with E-state index in [1.165, 1.54) is 54.9 Å². The van der Waals surface area contributed by atoms with Crippen molar-refractivity contribution < 1.29 is 0 Å². The molecule has 0 spiro atoms. The SMILES string of the molecule is c1ccc(-c2cc(-c3ccccc3)c(N3c4ccc(-c5ccccc5)cc4C4c5cc(-c6ccccc6)ccc5N(c5c(-c6ccccc6)cc(-c6ccccc6)cc5-c5ccccc5)c5cc(-c6c7ccccc7c(-c7ccccc7)c7ccccc67)cc3c54)c(-c3ccccc3)c2)cc1. The van der Waals surface area contributed by atoms with Gasteiger partial charge in [0.2, 0.25) is 0 Å². The first-order valence-electron chi connectivity index (χ1n) is 35.0. The van der Waals surface area contributed by atoms with Gasteiger partial charge in [0.05, 0.1) is 34.1 Å². The fourth-order valence-electron chi connectivity index (χ4n) is 16.3. The van der Waals surface area contributed by atoms with Crippen molar-refractivity contribution in [1.82, 2.24) is 0 Å². The second-order valence-electron chi connectivity index (χ2n) is 26.6. The van der Waals surface area contributed by atoms with E-state index in [1.54, 1.807) is 0 Å². The molecule has 0 atom stereocenters. The molecule has 19 rings (SSSR count). The molecule has 0 N–H and O–H groups in total. The van der Waals surface area contributed by atoms with Crippen LogP contribution < -0.4 is 9.80 Å². The van der Waals surface area contributed by atoms with E-state index in [0.29, 0.717) is 0 Å². The summed E-state index contributed by atoms with van der Waals surface area (Å²) >= 11 is 0. The highest BCUT2D eigenvalue weighted by Crippen LogP contribution is 2.66. The number of fused-ring (bicyclic) bond motifs is 6. The van der Waals surface area contributed by atoms with E-state index >= 15 is 0 Å². The molecule has 0 bridgehead atoms. The molecule has 0 saturated heterocycles. The number of hydrogen-bond acceptors (Lipinski definition) is 2. The van der Waals surface area contributed by atoms with E-state index in [-0.39, 0.29) is 5.92 Å². The van der Waals surface area contributed by atoms with Gasteiger partial charge in [0.1, 0.15) is 0 Å². The highest BCUT2D eigenvalue weighted by molar-refractivity contribution is 6.22. The Morgan fingerprint density at radius 1 is 0.168 bits per heavy atom. The average molecular weight is 1280 g/mol. The fraction of sp³-hybridized carbons (Fsp3) is 0.0101. The van der Waals surface area contributed by atoms with Crippen LogP contribution in [0.1, 0.15) is 22.6 Å². The Morgan fingerprint density at radius 2 is 0.416 bits per heavy atom. The van der Waals surface area contributed by atoms with E-state index in [1.807, 2.05) is 0 Å². The van der Waals surface area contributed by atoms with Crippen molar-refractivity contribution in [2.45, 2.75) is 5.92 Å². The van der Waals surface area contributed by atoms with Gasteiger partial charge in [0.25, 0.3) is 0 Å². The molecule has 101 heavy (non-hydrogen) atoms. The summed E-state index contributed by atoms with van der Waals surface area (Å²) in [6.07, 6.45) is 0. The minimum atomic E-state index is -0.277. The van der Waals surface area contributed by atoms with Crippen molar-refractivity contribution in [3.05, 3.63) is 411 Å². The maximum absolute atomic E-state index is 2.70. The summed E-state index contributed by atoms with van der Waals surface area (Å²) in [5.41, 5.74) is 33.2. The Balaban J connectivity index is 1.03. The van der Waals surface area contributed by atoms with Gasteiger partial charge in [0, 0.05) is 33.7 Å². The van der Waals surface area contributed by atoms with Gasteiger partial charge in [-0.15, -0.1) is 0 Å². The van der Waals surface area contributed by atoms with Crippen LogP contribution in [0, 0.1) is 0 Å². The van der Waals surface area contributed by atoms with Crippen molar-refractivity contribution in [1.29, 1.82) is 0 Å². The number of rotatable bonds is 12. The van der Waals surface area contributed by atoms with Crippen LogP contribution in [0.3, 0.4) is 0 Å². The van der Waals surface area contributed by atoms with Gasteiger partial charge in [-0.05, 0) is 182 Å². The highest BCUT2D eigenvalue weighted by Gasteiger charge is 2.44. The largest absolute Gasteiger partial charge is 0.309 e. The lowest BCUT2D eigenvalue weighted by Crippen LogP contribution is -2.30. The third kappa shape index (κ3) is 10.3. The summed E-state index contributed by atoms with van der Waals surface area (Å²) < 4.78 is 0. The molecular formula is C99H66N2. The monoisotopic (exact) mass is 1280 g/mol. The van der Waals surface area contributed by atoms with Crippen molar-refractivity contribution in [3.63, 3.8) is 0 Å². The molecule has 0 saturated carbocycles. The summed E-state index contributed by atoms with van der Waals surface area (Å²) in [4.78, 5) is 5.40. The third-order valence-electron chi connectivity index (χ3n) is 20.8. The highest BCUT2D eigenvalue weighted by atomic mass is 15.2. The Labute approximate surface area is 589 Å². The molecule has 17 aromatic carbocycles. The molecule has 0 fully saturated rings. The average Bonchev–Trinajstić information content (AvgIpc) is 0.684. The minimum Gasteiger partial charge on any atom is -0.309 e. The van der Waals surface area contributed by atoms with E-state index in [9.17, 15) is 0 Å². The quantitative estimate of drug-likeness (QED) is 0.113. The Hall–Kier alpha value is -13.1. The summed E-state index contributed by atoms with van der Waals surface area (Å²) in [5, 5.41) is 4.77.